The number of aromatic amines is 1. The number of H-pyrrole nitrogens is 1. The Morgan fingerprint density at radius 3 is 2.94 bits per heavy atom. The van der Waals surface area contributed by atoms with Gasteiger partial charge in [-0.3, -0.25) is 0 Å². The Bertz CT molecular complexity index is 666. The Kier molecular flexibility index (Phi) is 2.23. The molecule has 17 heavy (non-hydrogen) atoms. The van der Waals surface area contributed by atoms with E-state index in [-0.39, 0.29) is 0 Å². The zero-order valence-corrected chi connectivity index (χ0v) is 9.53. The number of furan rings is 1. The number of nitrogens with two attached hydrogens (primary N) is 1. The zero-order valence-electron chi connectivity index (χ0n) is 9.53. The summed E-state index contributed by atoms with van der Waals surface area (Å²) in [5, 5.41) is 0. The maximum absolute atomic E-state index is 5.61. The first kappa shape index (κ1) is 10.1. The van der Waals surface area contributed by atoms with Crippen molar-refractivity contribution in [1.82, 2.24) is 9.97 Å². The zero-order chi connectivity index (χ0) is 11.8. The van der Waals surface area contributed by atoms with Crippen molar-refractivity contribution in [3.63, 3.8) is 0 Å². The molecule has 2 heterocycles. The van der Waals surface area contributed by atoms with Crippen LogP contribution in [0.4, 0.5) is 0 Å². The highest BCUT2D eigenvalue weighted by Crippen LogP contribution is 2.22. The number of rotatable bonds is 2. The van der Waals surface area contributed by atoms with Gasteiger partial charge in [0.2, 0.25) is 0 Å². The monoisotopic (exact) mass is 227 g/mol. The maximum Gasteiger partial charge on any atom is 0.141 e. The van der Waals surface area contributed by atoms with Gasteiger partial charge in [0.1, 0.15) is 17.8 Å². The molecule has 0 fully saturated rings. The van der Waals surface area contributed by atoms with Gasteiger partial charge in [-0.05, 0) is 30.7 Å². The molecule has 2 aromatic heterocycles. The van der Waals surface area contributed by atoms with Crippen molar-refractivity contribution in [2.45, 2.75) is 13.5 Å². The van der Waals surface area contributed by atoms with Crippen molar-refractivity contribution in [1.29, 1.82) is 0 Å². The number of hydrogen-bond acceptors (Lipinski definition) is 3. The summed E-state index contributed by atoms with van der Waals surface area (Å²) < 4.78 is 5.28. The van der Waals surface area contributed by atoms with Gasteiger partial charge in [-0.25, -0.2) is 4.98 Å². The first-order chi connectivity index (χ1) is 8.26. The van der Waals surface area contributed by atoms with Crippen molar-refractivity contribution in [2.24, 2.45) is 5.73 Å². The van der Waals surface area contributed by atoms with Crippen LogP contribution in [0.25, 0.3) is 22.4 Å². The molecule has 0 saturated carbocycles. The van der Waals surface area contributed by atoms with Crippen LogP contribution >= 0.6 is 0 Å². The molecule has 3 rings (SSSR count). The average Bonchev–Trinajstić information content (AvgIpc) is 2.93. The lowest BCUT2D eigenvalue weighted by Crippen LogP contribution is -1.95. The van der Waals surface area contributed by atoms with Crippen LogP contribution in [-0.4, -0.2) is 9.97 Å². The SMILES string of the molecule is Cc1cc(-c2nc3ccc(CN)cc3[nH]2)co1. The van der Waals surface area contributed by atoms with Gasteiger partial charge in [-0.2, -0.15) is 0 Å². The van der Waals surface area contributed by atoms with Crippen LogP contribution in [0.1, 0.15) is 11.3 Å². The Balaban J connectivity index is 2.13. The predicted octanol–water partition coefficient (Wildman–Crippen LogP) is 2.59. The molecule has 3 aromatic rings. The topological polar surface area (TPSA) is 67.8 Å². The molecular weight excluding hydrogens is 214 g/mol. The highest BCUT2D eigenvalue weighted by atomic mass is 16.3. The number of aromatic nitrogens is 2. The fourth-order valence-electron chi connectivity index (χ4n) is 1.89. The molecule has 0 spiro atoms. The van der Waals surface area contributed by atoms with Crippen molar-refractivity contribution >= 4 is 11.0 Å². The number of fused-ring (bicyclic) bond motifs is 1. The Morgan fingerprint density at radius 1 is 1.35 bits per heavy atom. The lowest BCUT2D eigenvalue weighted by molar-refractivity contribution is 0.535. The molecule has 0 amide bonds. The van der Waals surface area contributed by atoms with Crippen molar-refractivity contribution < 1.29 is 4.42 Å². The van der Waals surface area contributed by atoms with E-state index in [1.165, 1.54) is 0 Å². The first-order valence-electron chi connectivity index (χ1n) is 5.50. The molecule has 0 bridgehead atoms. The highest BCUT2D eigenvalue weighted by Gasteiger charge is 2.07. The molecule has 0 aliphatic heterocycles. The number of imidazole rings is 1. The molecule has 86 valence electrons. The van der Waals surface area contributed by atoms with Crippen LogP contribution < -0.4 is 5.73 Å². The normalized spacial score (nSPS) is 11.2. The summed E-state index contributed by atoms with van der Waals surface area (Å²) in [6.45, 7) is 2.45. The minimum absolute atomic E-state index is 0.537. The van der Waals surface area contributed by atoms with Crippen molar-refractivity contribution in [3.8, 4) is 11.4 Å². The molecule has 3 N–H and O–H groups in total. The molecule has 0 unspecified atom stereocenters. The second-order valence-electron chi connectivity index (χ2n) is 4.09. The summed E-state index contributed by atoms with van der Waals surface area (Å²) in [5.41, 5.74) is 9.61. The van der Waals surface area contributed by atoms with E-state index in [1.807, 2.05) is 31.2 Å². The van der Waals surface area contributed by atoms with Gasteiger partial charge in [0, 0.05) is 6.54 Å². The van der Waals surface area contributed by atoms with Gasteiger partial charge in [-0.15, -0.1) is 0 Å². The summed E-state index contributed by atoms with van der Waals surface area (Å²) in [5.74, 6) is 1.70. The lowest BCUT2D eigenvalue weighted by atomic mass is 10.2. The van der Waals surface area contributed by atoms with Crippen LogP contribution in [0.5, 0.6) is 0 Å². The van der Waals surface area contributed by atoms with E-state index in [4.69, 9.17) is 10.2 Å². The third-order valence-corrected chi connectivity index (χ3v) is 2.79. The minimum atomic E-state index is 0.537. The molecule has 4 heteroatoms. The van der Waals surface area contributed by atoms with E-state index in [9.17, 15) is 0 Å². The molecule has 0 aliphatic carbocycles. The molecule has 0 aliphatic rings. The smallest absolute Gasteiger partial charge is 0.141 e. The Morgan fingerprint density at radius 2 is 2.24 bits per heavy atom. The lowest BCUT2D eigenvalue weighted by Gasteiger charge is -1.94. The molecule has 0 saturated heterocycles. The van der Waals surface area contributed by atoms with Gasteiger partial charge in [0.15, 0.2) is 0 Å². The Labute approximate surface area is 98.5 Å². The van der Waals surface area contributed by atoms with Gasteiger partial charge >= 0.3 is 0 Å². The van der Waals surface area contributed by atoms with Crippen LogP contribution in [0.3, 0.4) is 0 Å². The number of hydrogen-bond donors (Lipinski definition) is 2. The van der Waals surface area contributed by atoms with Crippen molar-refractivity contribution in [3.05, 3.63) is 41.9 Å². The second-order valence-corrected chi connectivity index (χ2v) is 4.09. The predicted molar refractivity (Wildman–Crippen MR) is 66.4 cm³/mol. The van der Waals surface area contributed by atoms with E-state index in [0.29, 0.717) is 6.54 Å². The van der Waals surface area contributed by atoms with E-state index >= 15 is 0 Å². The van der Waals surface area contributed by atoms with Crippen molar-refractivity contribution in [2.75, 3.05) is 0 Å². The number of nitrogens with zero attached hydrogens (tertiary/aromatic N) is 1. The van der Waals surface area contributed by atoms with Crippen LogP contribution in [0.15, 0.2) is 34.9 Å². The van der Waals surface area contributed by atoms with Gasteiger partial charge in [0.25, 0.3) is 0 Å². The number of benzene rings is 1. The maximum atomic E-state index is 5.61. The molecular formula is C13H13N3O. The fraction of sp³-hybridized carbons (Fsp3) is 0.154. The second kappa shape index (κ2) is 3.75. The van der Waals surface area contributed by atoms with E-state index in [1.54, 1.807) is 6.26 Å². The van der Waals surface area contributed by atoms with Gasteiger partial charge < -0.3 is 15.1 Å². The summed E-state index contributed by atoms with van der Waals surface area (Å²) in [4.78, 5) is 7.79. The van der Waals surface area contributed by atoms with E-state index in [0.717, 1.165) is 33.7 Å². The third-order valence-electron chi connectivity index (χ3n) is 2.79. The highest BCUT2D eigenvalue weighted by molar-refractivity contribution is 5.79. The van der Waals surface area contributed by atoms with Crippen LogP contribution in [-0.2, 0) is 6.54 Å². The largest absolute Gasteiger partial charge is 0.469 e. The standard InChI is InChI=1S/C13H13N3O/c1-8-4-10(7-17-8)13-15-11-3-2-9(6-14)5-12(11)16-13/h2-5,7H,6,14H2,1H3,(H,15,16). The summed E-state index contributed by atoms with van der Waals surface area (Å²) in [7, 11) is 0. The number of nitrogens with one attached hydrogen (secondary N) is 1. The third kappa shape index (κ3) is 1.72. The Hall–Kier alpha value is -2.07. The van der Waals surface area contributed by atoms with E-state index in [2.05, 4.69) is 9.97 Å². The molecule has 0 atom stereocenters. The summed E-state index contributed by atoms with van der Waals surface area (Å²) in [6.07, 6.45) is 1.71. The summed E-state index contributed by atoms with van der Waals surface area (Å²) in [6, 6.07) is 7.96. The van der Waals surface area contributed by atoms with Crippen LogP contribution in [0.2, 0.25) is 0 Å². The molecule has 1 aromatic carbocycles. The average molecular weight is 227 g/mol. The van der Waals surface area contributed by atoms with E-state index < -0.39 is 0 Å². The molecule has 4 nitrogen and oxygen atoms in total. The minimum Gasteiger partial charge on any atom is -0.469 e. The quantitative estimate of drug-likeness (QED) is 0.707. The summed E-state index contributed by atoms with van der Waals surface area (Å²) >= 11 is 0. The number of aryl methyl sites for hydroxylation is 1. The first-order valence-corrected chi connectivity index (χ1v) is 5.50. The van der Waals surface area contributed by atoms with Crippen LogP contribution in [0, 0.1) is 6.92 Å². The molecule has 0 radical (unpaired) electrons. The van der Waals surface area contributed by atoms with Gasteiger partial charge in [0.05, 0.1) is 16.6 Å². The van der Waals surface area contributed by atoms with Gasteiger partial charge in [-0.1, -0.05) is 6.07 Å². The fourth-order valence-corrected chi connectivity index (χ4v) is 1.89.